The highest BCUT2D eigenvalue weighted by Gasteiger charge is 2.48. The highest BCUT2D eigenvalue weighted by atomic mass is 32.2. The van der Waals surface area contributed by atoms with Crippen LogP contribution in [0.25, 0.3) is 66.8 Å². The van der Waals surface area contributed by atoms with Gasteiger partial charge in [0.05, 0.1) is 0 Å². The summed E-state index contributed by atoms with van der Waals surface area (Å²) in [5.74, 6) is -0.442. The van der Waals surface area contributed by atoms with Crippen LogP contribution in [0.5, 0.6) is 5.75 Å². The lowest BCUT2D eigenvalue weighted by atomic mass is 9.93. The molecule has 0 radical (unpaired) electrons. The van der Waals surface area contributed by atoms with Gasteiger partial charge in [-0.2, -0.15) is 21.6 Å². The molecule has 7 aromatic carbocycles. The number of rotatable bonds is 8. The van der Waals surface area contributed by atoms with E-state index in [1.807, 2.05) is 152 Å². The van der Waals surface area contributed by atoms with Crippen molar-refractivity contribution in [3.05, 3.63) is 176 Å². The van der Waals surface area contributed by atoms with Crippen LogP contribution >= 0.6 is 0 Å². The van der Waals surface area contributed by atoms with Crippen molar-refractivity contribution in [3.8, 4) is 72.5 Å². The van der Waals surface area contributed by atoms with Gasteiger partial charge in [-0.1, -0.05) is 133 Å². The molecule has 0 fully saturated rings. The molecule has 0 aliphatic carbocycles. The Kier molecular flexibility index (Phi) is 8.83. The molecule has 0 heterocycles. The molecule has 7 heteroatoms. The van der Waals surface area contributed by atoms with E-state index in [0.717, 1.165) is 44.5 Å². The van der Waals surface area contributed by atoms with Crippen LogP contribution in [-0.4, -0.2) is 13.9 Å². The Morgan fingerprint density at radius 1 is 0.340 bits per heavy atom. The first-order valence-corrected chi connectivity index (χ1v) is 17.2. The van der Waals surface area contributed by atoms with Gasteiger partial charge in [-0.15, -0.1) is 0 Å². The summed E-state index contributed by atoms with van der Waals surface area (Å²) in [6.45, 7) is 0. The Morgan fingerprint density at radius 2 is 0.600 bits per heavy atom. The molecule has 7 aromatic rings. The van der Waals surface area contributed by atoms with Gasteiger partial charge in [0.1, 0.15) is 5.75 Å². The zero-order chi connectivity index (χ0) is 34.7. The molecule has 0 saturated heterocycles. The maximum atomic E-state index is 13.4. The van der Waals surface area contributed by atoms with Crippen molar-refractivity contribution in [2.75, 3.05) is 0 Å². The summed E-state index contributed by atoms with van der Waals surface area (Å²) in [6.07, 6.45) is 0. The van der Waals surface area contributed by atoms with Gasteiger partial charge in [0.25, 0.3) is 0 Å². The second-order valence-corrected chi connectivity index (χ2v) is 13.3. The molecule has 0 aromatic heterocycles. The summed E-state index contributed by atoms with van der Waals surface area (Å²) in [5.41, 5.74) is 4.64. The van der Waals surface area contributed by atoms with Crippen LogP contribution < -0.4 is 4.18 Å². The van der Waals surface area contributed by atoms with E-state index in [1.54, 1.807) is 0 Å². The average Bonchev–Trinajstić information content (AvgIpc) is 3.15. The number of benzene rings is 7. The minimum Gasteiger partial charge on any atom is -0.376 e. The molecule has 0 spiro atoms. The van der Waals surface area contributed by atoms with Gasteiger partial charge in [0, 0.05) is 0 Å². The number of halogens is 3. The fourth-order valence-corrected chi connectivity index (χ4v) is 6.37. The van der Waals surface area contributed by atoms with Crippen molar-refractivity contribution in [1.82, 2.24) is 0 Å². The molecule has 50 heavy (non-hydrogen) atoms. The molecule has 3 nitrogen and oxygen atoms in total. The number of hydrogen-bond donors (Lipinski definition) is 0. The highest BCUT2D eigenvalue weighted by molar-refractivity contribution is 7.88. The smallest absolute Gasteiger partial charge is 0.376 e. The van der Waals surface area contributed by atoms with Gasteiger partial charge < -0.3 is 4.18 Å². The average molecular weight is 683 g/mol. The van der Waals surface area contributed by atoms with E-state index < -0.39 is 21.4 Å². The topological polar surface area (TPSA) is 43.4 Å². The van der Waals surface area contributed by atoms with E-state index in [-0.39, 0.29) is 0 Å². The fourth-order valence-electron chi connectivity index (χ4n) is 5.93. The lowest BCUT2D eigenvalue weighted by Gasteiger charge is -2.14. The molecule has 0 atom stereocenters. The summed E-state index contributed by atoms with van der Waals surface area (Å²) >= 11 is 0. The van der Waals surface area contributed by atoms with Gasteiger partial charge >= 0.3 is 15.6 Å². The normalized spacial score (nSPS) is 11.7. The van der Waals surface area contributed by atoms with Crippen molar-refractivity contribution in [3.63, 3.8) is 0 Å². The first-order chi connectivity index (χ1) is 24.1. The molecule has 0 saturated carbocycles. The highest BCUT2D eigenvalue weighted by Crippen LogP contribution is 2.37. The van der Waals surface area contributed by atoms with Crippen molar-refractivity contribution >= 4 is 10.1 Å². The Labute approximate surface area is 289 Å². The maximum Gasteiger partial charge on any atom is 0.534 e. The second kappa shape index (κ2) is 13.5. The van der Waals surface area contributed by atoms with E-state index in [9.17, 15) is 21.6 Å². The van der Waals surface area contributed by atoms with Crippen LogP contribution in [0.15, 0.2) is 176 Å². The zero-order valence-corrected chi connectivity index (χ0v) is 27.3. The van der Waals surface area contributed by atoms with Crippen molar-refractivity contribution in [2.45, 2.75) is 5.51 Å². The third kappa shape index (κ3) is 7.09. The third-order valence-corrected chi connectivity index (χ3v) is 9.37. The Bertz CT molecular complexity index is 2260. The predicted molar refractivity (Wildman–Crippen MR) is 195 cm³/mol. The molecular weight excluding hydrogens is 654 g/mol. The number of hydrogen-bond acceptors (Lipinski definition) is 3. The minimum absolute atomic E-state index is 0.442. The predicted octanol–water partition coefficient (Wildman–Crippen LogP) is 11.9. The van der Waals surface area contributed by atoms with Crippen LogP contribution in [0.2, 0.25) is 0 Å². The van der Waals surface area contributed by atoms with E-state index in [2.05, 4.69) is 12.1 Å². The molecule has 0 amide bonds. The Balaban J connectivity index is 1.30. The van der Waals surface area contributed by atoms with Crippen LogP contribution in [0, 0.1) is 0 Å². The van der Waals surface area contributed by atoms with Gasteiger partial charge in [-0.3, -0.25) is 0 Å². The molecule has 0 N–H and O–H groups in total. The van der Waals surface area contributed by atoms with Crippen LogP contribution in [0.4, 0.5) is 13.2 Å². The van der Waals surface area contributed by atoms with Crippen molar-refractivity contribution in [1.29, 1.82) is 0 Å². The quantitative estimate of drug-likeness (QED) is 0.118. The van der Waals surface area contributed by atoms with E-state index in [0.29, 0.717) is 22.3 Å². The van der Waals surface area contributed by atoms with Gasteiger partial charge in [0.15, 0.2) is 0 Å². The van der Waals surface area contributed by atoms with Crippen LogP contribution in [0.1, 0.15) is 0 Å². The molecule has 0 aliphatic rings. The molecule has 0 bridgehead atoms. The molecule has 7 rings (SSSR count). The second-order valence-electron chi connectivity index (χ2n) is 11.8. The number of alkyl halides is 3. The summed E-state index contributed by atoms with van der Waals surface area (Å²) in [7, 11) is -5.91. The standard InChI is InChI=1S/C43H29F3O3S/c44-43(45,46)50(47,48)49-42-28-40(38-21-9-19-36(25-38)34-17-7-15-32(23-34)30-11-3-1-4-12-30)27-41(29-42)39-22-10-20-37(26-39)35-18-8-16-33(24-35)31-13-5-2-6-14-31/h1-29H. The van der Waals surface area contributed by atoms with E-state index in [4.69, 9.17) is 4.18 Å². The van der Waals surface area contributed by atoms with Gasteiger partial charge in [-0.05, 0) is 109 Å². The summed E-state index contributed by atoms with van der Waals surface area (Å²) in [6, 6.07) is 55.7. The zero-order valence-electron chi connectivity index (χ0n) is 26.5. The summed E-state index contributed by atoms with van der Waals surface area (Å²) in [4.78, 5) is 0. The molecule has 0 aliphatic heterocycles. The maximum absolute atomic E-state index is 13.4. The van der Waals surface area contributed by atoms with Crippen molar-refractivity contribution in [2.24, 2.45) is 0 Å². The monoisotopic (exact) mass is 682 g/mol. The van der Waals surface area contributed by atoms with Gasteiger partial charge in [-0.25, -0.2) is 0 Å². The summed E-state index contributed by atoms with van der Waals surface area (Å²) in [5, 5.41) is 0. The Morgan fingerprint density at radius 3 is 0.920 bits per heavy atom. The van der Waals surface area contributed by atoms with E-state index in [1.165, 1.54) is 12.1 Å². The SMILES string of the molecule is O=S(=O)(Oc1cc(-c2cccc(-c3cccc(-c4ccccc4)c3)c2)cc(-c2cccc(-c3cccc(-c4ccccc4)c3)c2)c1)C(F)(F)F. The first kappa shape index (κ1) is 32.6. The van der Waals surface area contributed by atoms with E-state index >= 15 is 0 Å². The minimum atomic E-state index is -5.91. The molecular formula is C43H29F3O3S. The third-order valence-electron chi connectivity index (χ3n) is 8.39. The van der Waals surface area contributed by atoms with Crippen LogP contribution in [-0.2, 0) is 10.1 Å². The summed E-state index contributed by atoms with van der Waals surface area (Å²) < 4.78 is 69.3. The first-order valence-electron chi connectivity index (χ1n) is 15.8. The van der Waals surface area contributed by atoms with Crippen molar-refractivity contribution < 1.29 is 25.8 Å². The lowest BCUT2D eigenvalue weighted by Crippen LogP contribution is -2.28. The van der Waals surface area contributed by atoms with Gasteiger partial charge in [0.2, 0.25) is 0 Å². The molecule has 0 unspecified atom stereocenters. The largest absolute Gasteiger partial charge is 0.534 e. The fraction of sp³-hybridized carbons (Fsp3) is 0.0233. The lowest BCUT2D eigenvalue weighted by molar-refractivity contribution is -0.0500. The Hall–Kier alpha value is -5.92. The molecule has 246 valence electrons. The van der Waals surface area contributed by atoms with Crippen LogP contribution in [0.3, 0.4) is 0 Å².